The minimum atomic E-state index is -3.33. The summed E-state index contributed by atoms with van der Waals surface area (Å²) >= 11 is 0. The number of esters is 1. The second kappa shape index (κ2) is 6.35. The Morgan fingerprint density at radius 3 is 2.41 bits per heavy atom. The van der Waals surface area contributed by atoms with E-state index in [1.165, 1.54) is 11.4 Å². The fourth-order valence-corrected chi connectivity index (χ4v) is 3.93. The number of hydrogen-bond donors (Lipinski definition) is 0. The number of rotatable bonds is 6. The molecule has 0 heterocycles. The minimum absolute atomic E-state index is 0.0225. The lowest BCUT2D eigenvalue weighted by Crippen LogP contribution is -2.43. The van der Waals surface area contributed by atoms with Crippen molar-refractivity contribution in [2.24, 2.45) is 0 Å². The predicted molar refractivity (Wildman–Crippen MR) is 65.1 cm³/mol. The predicted octanol–water partition coefficient (Wildman–Crippen LogP) is 1.14. The van der Waals surface area contributed by atoms with Gasteiger partial charge in [0.2, 0.25) is 10.0 Å². The molecule has 1 aliphatic rings. The molecule has 0 aromatic carbocycles. The Kier molecular flexibility index (Phi) is 5.39. The Hall–Kier alpha value is -0.620. The van der Waals surface area contributed by atoms with E-state index < -0.39 is 16.0 Å². The van der Waals surface area contributed by atoms with Crippen LogP contribution in [0.5, 0.6) is 0 Å². The van der Waals surface area contributed by atoms with E-state index in [1.807, 2.05) is 6.92 Å². The maximum absolute atomic E-state index is 12.1. The smallest absolute Gasteiger partial charge is 0.321 e. The van der Waals surface area contributed by atoms with Gasteiger partial charge in [-0.1, -0.05) is 19.8 Å². The van der Waals surface area contributed by atoms with Gasteiger partial charge in [-0.3, -0.25) is 4.79 Å². The van der Waals surface area contributed by atoms with Crippen molar-refractivity contribution in [2.45, 2.75) is 45.1 Å². The van der Waals surface area contributed by atoms with Gasteiger partial charge in [-0.05, 0) is 19.3 Å². The van der Waals surface area contributed by atoms with Crippen LogP contribution in [0.3, 0.4) is 0 Å². The maximum Gasteiger partial charge on any atom is 0.321 e. The van der Waals surface area contributed by atoms with Crippen LogP contribution in [0.15, 0.2) is 0 Å². The number of hydrogen-bond acceptors (Lipinski definition) is 4. The summed E-state index contributed by atoms with van der Waals surface area (Å²) in [7, 11) is -2.05. The molecule has 6 heteroatoms. The molecule has 0 bridgehead atoms. The Labute approximate surface area is 103 Å². The van der Waals surface area contributed by atoms with E-state index in [2.05, 4.69) is 4.74 Å². The highest BCUT2D eigenvalue weighted by molar-refractivity contribution is 7.89. The lowest BCUT2D eigenvalue weighted by molar-refractivity contribution is -0.141. The maximum atomic E-state index is 12.1. The molecule has 0 radical (unpaired) electrons. The van der Waals surface area contributed by atoms with Crippen molar-refractivity contribution >= 4 is 16.0 Å². The number of nitrogens with zero attached hydrogens (tertiary/aromatic N) is 1. The molecular weight excluding hydrogens is 242 g/mol. The van der Waals surface area contributed by atoms with Gasteiger partial charge in [-0.2, -0.15) is 4.31 Å². The average molecular weight is 263 g/mol. The number of carbonyl (C=O) groups excluding carboxylic acids is 1. The van der Waals surface area contributed by atoms with Gasteiger partial charge in [-0.25, -0.2) is 8.42 Å². The summed E-state index contributed by atoms with van der Waals surface area (Å²) in [6.45, 7) is 1.67. The zero-order valence-corrected chi connectivity index (χ0v) is 11.3. The molecule has 1 fully saturated rings. The van der Waals surface area contributed by atoms with Crippen molar-refractivity contribution in [3.8, 4) is 0 Å². The zero-order valence-electron chi connectivity index (χ0n) is 10.5. The first kappa shape index (κ1) is 14.4. The van der Waals surface area contributed by atoms with Crippen LogP contribution in [0.2, 0.25) is 0 Å². The molecular formula is C11H21NO4S. The summed E-state index contributed by atoms with van der Waals surface area (Å²) in [6, 6.07) is -0.0225. The summed E-state index contributed by atoms with van der Waals surface area (Å²) in [6.07, 6.45) is 4.32. The van der Waals surface area contributed by atoms with Gasteiger partial charge in [0.15, 0.2) is 0 Å². The first-order valence-electron chi connectivity index (χ1n) is 6.07. The molecule has 1 aliphatic carbocycles. The van der Waals surface area contributed by atoms with E-state index in [4.69, 9.17) is 0 Å². The van der Waals surface area contributed by atoms with Crippen LogP contribution >= 0.6 is 0 Å². The Morgan fingerprint density at radius 2 is 1.94 bits per heavy atom. The normalized spacial score (nSPS) is 17.6. The van der Waals surface area contributed by atoms with Crippen molar-refractivity contribution in [3.63, 3.8) is 0 Å². The second-order valence-electron chi connectivity index (χ2n) is 4.38. The van der Waals surface area contributed by atoms with Crippen molar-refractivity contribution < 1.29 is 17.9 Å². The molecule has 5 nitrogen and oxygen atoms in total. The quantitative estimate of drug-likeness (QED) is 0.674. The van der Waals surface area contributed by atoms with Crippen molar-refractivity contribution in [3.05, 3.63) is 0 Å². The first-order chi connectivity index (χ1) is 8.01. The van der Waals surface area contributed by atoms with Crippen LogP contribution in [0.1, 0.15) is 39.0 Å². The Morgan fingerprint density at radius 1 is 1.35 bits per heavy atom. The largest absolute Gasteiger partial charge is 0.468 e. The summed E-state index contributed by atoms with van der Waals surface area (Å²) in [5.41, 5.74) is 0. The molecule has 0 unspecified atom stereocenters. The van der Waals surface area contributed by atoms with Crippen LogP contribution in [0.4, 0.5) is 0 Å². The van der Waals surface area contributed by atoms with Crippen LogP contribution in [0, 0.1) is 0 Å². The number of sulfonamides is 1. The highest BCUT2D eigenvalue weighted by Gasteiger charge is 2.33. The molecule has 0 aliphatic heterocycles. The van der Waals surface area contributed by atoms with E-state index in [0.717, 1.165) is 25.7 Å². The van der Waals surface area contributed by atoms with E-state index in [9.17, 15) is 13.2 Å². The monoisotopic (exact) mass is 263 g/mol. The molecule has 1 saturated carbocycles. The molecule has 0 atom stereocenters. The van der Waals surface area contributed by atoms with Crippen molar-refractivity contribution in [2.75, 3.05) is 19.4 Å². The first-order valence-corrected chi connectivity index (χ1v) is 7.68. The summed E-state index contributed by atoms with van der Waals surface area (Å²) in [5.74, 6) is -0.392. The third kappa shape index (κ3) is 3.96. The lowest BCUT2D eigenvalue weighted by Gasteiger charge is -2.26. The highest BCUT2D eigenvalue weighted by Crippen LogP contribution is 2.26. The van der Waals surface area contributed by atoms with Crippen LogP contribution in [0.25, 0.3) is 0 Å². The molecule has 0 saturated heterocycles. The second-order valence-corrected chi connectivity index (χ2v) is 6.42. The van der Waals surface area contributed by atoms with Gasteiger partial charge in [0.05, 0.1) is 12.9 Å². The van der Waals surface area contributed by atoms with Gasteiger partial charge in [0.25, 0.3) is 0 Å². The van der Waals surface area contributed by atoms with Gasteiger partial charge in [0, 0.05) is 6.04 Å². The lowest BCUT2D eigenvalue weighted by atomic mass is 10.2. The summed E-state index contributed by atoms with van der Waals surface area (Å²) in [5, 5.41) is 0. The molecule has 0 aromatic rings. The van der Waals surface area contributed by atoms with Gasteiger partial charge in [-0.15, -0.1) is 0 Å². The SMILES string of the molecule is CCCS(=O)(=O)N(CC(=O)OC)C1CCCC1. The number of methoxy groups -OCH3 is 1. The molecule has 100 valence electrons. The molecule has 0 spiro atoms. The third-order valence-electron chi connectivity index (χ3n) is 3.06. The minimum Gasteiger partial charge on any atom is -0.468 e. The summed E-state index contributed by atoms with van der Waals surface area (Å²) < 4.78 is 30.1. The topological polar surface area (TPSA) is 63.7 Å². The molecule has 17 heavy (non-hydrogen) atoms. The van der Waals surface area contributed by atoms with Crippen molar-refractivity contribution in [1.29, 1.82) is 0 Å². The van der Waals surface area contributed by atoms with E-state index in [0.29, 0.717) is 6.42 Å². The molecule has 1 rings (SSSR count). The highest BCUT2D eigenvalue weighted by atomic mass is 32.2. The third-order valence-corrected chi connectivity index (χ3v) is 5.13. The van der Waals surface area contributed by atoms with Crippen molar-refractivity contribution in [1.82, 2.24) is 4.31 Å². The molecule has 0 N–H and O–H groups in total. The standard InChI is InChI=1S/C11H21NO4S/c1-3-8-17(14,15)12(9-11(13)16-2)10-6-4-5-7-10/h10H,3-9H2,1-2H3. The van der Waals surface area contributed by atoms with Crippen LogP contribution in [-0.2, 0) is 19.6 Å². The Bertz CT molecular complexity index is 346. The van der Waals surface area contributed by atoms with Crippen LogP contribution in [-0.4, -0.2) is 44.1 Å². The van der Waals surface area contributed by atoms with E-state index >= 15 is 0 Å². The number of carbonyl (C=O) groups is 1. The van der Waals surface area contributed by atoms with Gasteiger partial charge in [0.1, 0.15) is 6.54 Å². The van der Waals surface area contributed by atoms with Gasteiger partial charge >= 0.3 is 5.97 Å². The Balaban J connectivity index is 2.81. The summed E-state index contributed by atoms with van der Waals surface area (Å²) in [4.78, 5) is 11.3. The van der Waals surface area contributed by atoms with Crippen LogP contribution < -0.4 is 0 Å². The zero-order chi connectivity index (χ0) is 12.9. The van der Waals surface area contributed by atoms with Gasteiger partial charge < -0.3 is 4.74 Å². The van der Waals surface area contributed by atoms with E-state index in [1.54, 1.807) is 0 Å². The molecule has 0 aromatic heterocycles. The number of ether oxygens (including phenoxy) is 1. The van der Waals surface area contributed by atoms with E-state index in [-0.39, 0.29) is 18.3 Å². The average Bonchev–Trinajstić information content (AvgIpc) is 2.78. The molecule has 0 amide bonds. The fourth-order valence-electron chi connectivity index (χ4n) is 2.21. The fraction of sp³-hybridized carbons (Fsp3) is 0.909.